The minimum absolute atomic E-state index is 0.0810. The number of alkyl halides is 3. The van der Waals surface area contributed by atoms with Gasteiger partial charge in [0.15, 0.2) is 12.1 Å². The lowest BCUT2D eigenvalue weighted by atomic mass is 10.00. The first-order valence-electron chi connectivity index (χ1n) is 9.09. The number of amides is 1. The summed E-state index contributed by atoms with van der Waals surface area (Å²) in [7, 11) is 2.79. The topological polar surface area (TPSA) is 156 Å². The van der Waals surface area contributed by atoms with Crippen molar-refractivity contribution in [3.05, 3.63) is 0 Å². The molecule has 0 aliphatic carbocycles. The fraction of sp³-hybridized carbons (Fsp3) is 0.824. The highest BCUT2D eigenvalue weighted by atomic mass is 19.4. The van der Waals surface area contributed by atoms with Crippen molar-refractivity contribution < 1.29 is 56.3 Å². The molecule has 2 aliphatic heterocycles. The lowest BCUT2D eigenvalue weighted by Crippen LogP contribution is -2.54. The second kappa shape index (κ2) is 10.5. The summed E-state index contributed by atoms with van der Waals surface area (Å²) in [4.78, 5) is 32.6. The number of carboxylic acid groups (broad SMARTS) is 1. The number of carbonyl (C=O) groups is 3. The molecule has 0 aromatic carbocycles. The number of carboxylic acids is 1. The monoisotopic (exact) mass is 460 g/mol. The third-order valence-corrected chi connectivity index (χ3v) is 4.29. The van der Waals surface area contributed by atoms with E-state index in [4.69, 9.17) is 39.3 Å². The zero-order valence-corrected chi connectivity index (χ0v) is 17.6. The van der Waals surface area contributed by atoms with E-state index in [-0.39, 0.29) is 6.42 Å². The molecular weight excluding hydrogens is 433 g/mol. The lowest BCUT2D eigenvalue weighted by molar-refractivity contribution is -0.220. The van der Waals surface area contributed by atoms with Gasteiger partial charge in [-0.3, -0.25) is 9.59 Å². The number of methoxy groups -OCH3 is 2. The van der Waals surface area contributed by atoms with E-state index in [2.05, 4.69) is 5.32 Å². The van der Waals surface area contributed by atoms with Crippen molar-refractivity contribution >= 4 is 17.8 Å². The lowest BCUT2D eigenvalue weighted by Gasteiger charge is -2.30. The Kier molecular flexibility index (Phi) is 9.19. The molecule has 6 atom stereocenters. The number of aliphatic carboxylic acids is 1. The normalized spacial score (nSPS) is 28.5. The maximum absolute atomic E-state index is 12.0. The summed E-state index contributed by atoms with van der Waals surface area (Å²) in [6.07, 6.45) is -7.41. The van der Waals surface area contributed by atoms with Crippen LogP contribution in [-0.4, -0.2) is 85.8 Å². The first-order valence-corrected chi connectivity index (χ1v) is 9.09. The zero-order valence-electron chi connectivity index (χ0n) is 17.6. The van der Waals surface area contributed by atoms with Crippen molar-refractivity contribution in [2.24, 2.45) is 5.73 Å². The smallest absolute Gasteiger partial charge is 0.475 e. The number of rotatable bonds is 6. The number of halogens is 3. The van der Waals surface area contributed by atoms with E-state index < -0.39 is 66.5 Å². The van der Waals surface area contributed by atoms with E-state index in [1.54, 1.807) is 20.8 Å². The number of carbonyl (C=O) groups excluding carboxylic acids is 2. The van der Waals surface area contributed by atoms with Gasteiger partial charge in [-0.25, -0.2) is 4.79 Å². The highest BCUT2D eigenvalue weighted by molar-refractivity contribution is 5.82. The minimum atomic E-state index is -5.08. The maximum Gasteiger partial charge on any atom is 0.490 e. The molecule has 180 valence electrons. The van der Waals surface area contributed by atoms with Crippen LogP contribution in [-0.2, 0) is 38.1 Å². The number of fused-ring (bicyclic) bond motifs is 1. The van der Waals surface area contributed by atoms with Crippen molar-refractivity contribution in [1.29, 1.82) is 0 Å². The van der Waals surface area contributed by atoms with Gasteiger partial charge in [-0.05, 0) is 20.8 Å². The quantitative estimate of drug-likeness (QED) is 0.458. The molecule has 2 heterocycles. The Labute approximate surface area is 176 Å². The first-order chi connectivity index (χ1) is 14.1. The van der Waals surface area contributed by atoms with Crippen LogP contribution in [0.5, 0.6) is 0 Å². The van der Waals surface area contributed by atoms with Gasteiger partial charge in [-0.2, -0.15) is 13.2 Å². The van der Waals surface area contributed by atoms with E-state index >= 15 is 0 Å². The van der Waals surface area contributed by atoms with Gasteiger partial charge in [0, 0.05) is 7.11 Å². The Morgan fingerprint density at radius 2 is 1.77 bits per heavy atom. The SMILES string of the molecule is COC(=O)C[C@@H](NC(=O)[C@H](C)N)[C@H]1O[C@@H]2OC(C)(C)O[C@@H]2[C@@H]1OC.O=C(O)C(F)(F)F. The van der Waals surface area contributed by atoms with Gasteiger partial charge in [0.25, 0.3) is 0 Å². The molecule has 14 heteroatoms. The molecule has 1 amide bonds. The summed E-state index contributed by atoms with van der Waals surface area (Å²) in [6.45, 7) is 5.11. The Morgan fingerprint density at radius 1 is 1.23 bits per heavy atom. The maximum atomic E-state index is 12.0. The van der Waals surface area contributed by atoms with E-state index in [0.717, 1.165) is 0 Å². The molecule has 2 fully saturated rings. The molecule has 2 rings (SSSR count). The molecule has 0 radical (unpaired) electrons. The van der Waals surface area contributed by atoms with Crippen LogP contribution < -0.4 is 11.1 Å². The summed E-state index contributed by atoms with van der Waals surface area (Å²) in [6, 6.07) is -1.40. The summed E-state index contributed by atoms with van der Waals surface area (Å²) in [5.74, 6) is -4.43. The molecule has 2 aliphatic rings. The molecular formula is C17H27F3N2O9. The molecule has 0 aromatic rings. The summed E-state index contributed by atoms with van der Waals surface area (Å²) >= 11 is 0. The van der Waals surface area contributed by atoms with Crippen LogP contribution in [0.3, 0.4) is 0 Å². The van der Waals surface area contributed by atoms with Crippen LogP contribution >= 0.6 is 0 Å². The van der Waals surface area contributed by atoms with Crippen molar-refractivity contribution in [2.75, 3.05) is 14.2 Å². The predicted octanol–water partition coefficient (Wildman–Crippen LogP) is -0.0938. The fourth-order valence-electron chi connectivity index (χ4n) is 2.92. The van der Waals surface area contributed by atoms with Crippen LogP contribution in [0.25, 0.3) is 0 Å². The van der Waals surface area contributed by atoms with Crippen LogP contribution in [0.2, 0.25) is 0 Å². The van der Waals surface area contributed by atoms with Gasteiger partial charge in [0.1, 0.15) is 18.3 Å². The molecule has 31 heavy (non-hydrogen) atoms. The van der Waals surface area contributed by atoms with Gasteiger partial charge < -0.3 is 39.8 Å². The third-order valence-electron chi connectivity index (χ3n) is 4.29. The minimum Gasteiger partial charge on any atom is -0.475 e. The molecule has 4 N–H and O–H groups in total. The van der Waals surface area contributed by atoms with Crippen LogP contribution in [0.1, 0.15) is 27.2 Å². The van der Waals surface area contributed by atoms with Crippen LogP contribution in [0.15, 0.2) is 0 Å². The fourth-order valence-corrected chi connectivity index (χ4v) is 2.92. The molecule has 2 saturated heterocycles. The first kappa shape index (κ1) is 27.0. The number of nitrogens with two attached hydrogens (primary N) is 1. The van der Waals surface area contributed by atoms with Crippen molar-refractivity contribution in [3.63, 3.8) is 0 Å². The number of hydrogen-bond donors (Lipinski definition) is 3. The Bertz CT molecular complexity index is 657. The Hall–Kier alpha value is -2.00. The molecule has 0 saturated carbocycles. The molecule has 0 aromatic heterocycles. The second-order valence-corrected chi connectivity index (χ2v) is 7.26. The molecule has 0 unspecified atom stereocenters. The predicted molar refractivity (Wildman–Crippen MR) is 95.4 cm³/mol. The van der Waals surface area contributed by atoms with Gasteiger partial charge in [0.2, 0.25) is 5.91 Å². The Morgan fingerprint density at radius 3 is 2.19 bits per heavy atom. The van der Waals surface area contributed by atoms with Gasteiger partial charge in [-0.1, -0.05) is 0 Å². The average molecular weight is 460 g/mol. The van der Waals surface area contributed by atoms with E-state index in [1.807, 2.05) is 0 Å². The van der Waals surface area contributed by atoms with E-state index in [0.29, 0.717) is 0 Å². The van der Waals surface area contributed by atoms with Crippen LogP contribution in [0.4, 0.5) is 13.2 Å². The van der Waals surface area contributed by atoms with Crippen molar-refractivity contribution in [1.82, 2.24) is 5.32 Å². The van der Waals surface area contributed by atoms with Gasteiger partial charge in [0.05, 0.1) is 25.6 Å². The number of nitrogens with one attached hydrogen (secondary N) is 1. The van der Waals surface area contributed by atoms with Crippen molar-refractivity contribution in [3.8, 4) is 0 Å². The largest absolute Gasteiger partial charge is 0.490 e. The highest BCUT2D eigenvalue weighted by Gasteiger charge is 2.57. The van der Waals surface area contributed by atoms with Gasteiger partial charge >= 0.3 is 18.1 Å². The molecule has 11 nitrogen and oxygen atoms in total. The molecule has 0 spiro atoms. The highest BCUT2D eigenvalue weighted by Crippen LogP contribution is 2.39. The third kappa shape index (κ3) is 7.57. The summed E-state index contributed by atoms with van der Waals surface area (Å²) in [5.41, 5.74) is 5.59. The summed E-state index contributed by atoms with van der Waals surface area (Å²) in [5, 5.41) is 9.84. The number of esters is 1. The van der Waals surface area contributed by atoms with Crippen molar-refractivity contribution in [2.45, 2.75) is 75.8 Å². The second-order valence-electron chi connectivity index (χ2n) is 7.26. The summed E-state index contributed by atoms with van der Waals surface area (Å²) < 4.78 is 59.3. The number of ether oxygens (including phenoxy) is 5. The Balaban J connectivity index is 0.000000592. The van der Waals surface area contributed by atoms with E-state index in [9.17, 15) is 22.8 Å². The number of hydrogen-bond acceptors (Lipinski definition) is 9. The van der Waals surface area contributed by atoms with E-state index in [1.165, 1.54) is 14.2 Å². The average Bonchev–Trinajstić information content (AvgIpc) is 3.11. The zero-order chi connectivity index (χ0) is 24.1. The van der Waals surface area contributed by atoms with Crippen LogP contribution in [0, 0.1) is 0 Å². The standard InChI is InChI=1S/C15H26N2O7.C2HF3O2/c1-7(16)13(19)17-8(6-9(18)20-4)10-11(21-5)12-14(22-10)24-15(2,3)23-12;3-2(4,5)1(6)7/h7-8,10-12,14H,6,16H2,1-5H3,(H,17,19);(H,6,7)/t7-,8+,10+,11+,12+,14+;/m0./s1. The molecule has 0 bridgehead atoms. The van der Waals surface area contributed by atoms with Gasteiger partial charge in [-0.15, -0.1) is 0 Å².